The first-order valence-corrected chi connectivity index (χ1v) is 6.91. The van der Waals surface area contributed by atoms with E-state index >= 15 is 0 Å². The summed E-state index contributed by atoms with van der Waals surface area (Å²) < 4.78 is 5.31. The van der Waals surface area contributed by atoms with Gasteiger partial charge in [-0.25, -0.2) is 0 Å². The van der Waals surface area contributed by atoms with Crippen LogP contribution in [0.5, 0.6) is 5.75 Å². The normalized spacial score (nSPS) is 21.2. The minimum atomic E-state index is 0. The zero-order valence-electron chi connectivity index (χ0n) is 11.5. The topological polar surface area (TPSA) is 24.5 Å². The number of piperidine rings is 1. The van der Waals surface area contributed by atoms with Gasteiger partial charge in [-0.15, -0.1) is 12.4 Å². The second-order valence-electron chi connectivity index (χ2n) is 5.62. The molecular formula is C15H23ClN2O. The van der Waals surface area contributed by atoms with Crippen LogP contribution in [0.25, 0.3) is 0 Å². The van der Waals surface area contributed by atoms with Gasteiger partial charge in [0.15, 0.2) is 0 Å². The molecule has 0 aliphatic carbocycles. The Hall–Kier alpha value is -0.930. The van der Waals surface area contributed by atoms with Gasteiger partial charge in [-0.05, 0) is 49.9 Å². The summed E-state index contributed by atoms with van der Waals surface area (Å²) in [6.07, 6.45) is 3.99. The van der Waals surface area contributed by atoms with Gasteiger partial charge in [-0.1, -0.05) is 6.07 Å². The summed E-state index contributed by atoms with van der Waals surface area (Å²) in [6.45, 7) is 4.77. The fraction of sp³-hybridized carbons (Fsp3) is 0.600. The molecule has 0 aromatic heterocycles. The van der Waals surface area contributed by atoms with Gasteiger partial charge in [-0.2, -0.15) is 0 Å². The average molecular weight is 283 g/mol. The van der Waals surface area contributed by atoms with Crippen molar-refractivity contribution in [3.05, 3.63) is 24.3 Å². The highest BCUT2D eigenvalue weighted by Gasteiger charge is 2.38. The van der Waals surface area contributed by atoms with Crippen LogP contribution in [-0.4, -0.2) is 33.3 Å². The molecule has 0 unspecified atom stereocenters. The van der Waals surface area contributed by atoms with Crippen LogP contribution in [0.15, 0.2) is 24.3 Å². The second kappa shape index (κ2) is 6.02. The SMILES string of the molecule is COc1cccc(N2CCC3(CCNCC3)C2)c1.Cl. The van der Waals surface area contributed by atoms with Crippen molar-refractivity contribution in [2.24, 2.45) is 5.41 Å². The number of hydrogen-bond acceptors (Lipinski definition) is 3. The molecular weight excluding hydrogens is 260 g/mol. The number of hydrogen-bond donors (Lipinski definition) is 1. The highest BCUT2D eigenvalue weighted by molar-refractivity contribution is 5.85. The fourth-order valence-corrected chi connectivity index (χ4v) is 3.33. The van der Waals surface area contributed by atoms with Crippen molar-refractivity contribution < 1.29 is 4.74 Å². The Kier molecular flexibility index (Phi) is 4.58. The highest BCUT2D eigenvalue weighted by Crippen LogP contribution is 2.40. The zero-order valence-corrected chi connectivity index (χ0v) is 12.3. The lowest BCUT2D eigenvalue weighted by molar-refractivity contribution is 0.232. The number of nitrogens with zero attached hydrogens (tertiary/aromatic N) is 1. The first kappa shape index (κ1) is 14.5. The maximum absolute atomic E-state index is 5.31. The average Bonchev–Trinajstić information content (AvgIpc) is 2.83. The molecule has 2 aliphatic rings. The van der Waals surface area contributed by atoms with E-state index in [0.717, 1.165) is 5.75 Å². The van der Waals surface area contributed by atoms with E-state index in [1.807, 2.05) is 6.07 Å². The summed E-state index contributed by atoms with van der Waals surface area (Å²) in [7, 11) is 1.73. The number of benzene rings is 1. The molecule has 1 N–H and O–H groups in total. The lowest BCUT2D eigenvalue weighted by atomic mass is 9.78. The maximum atomic E-state index is 5.31. The fourth-order valence-electron chi connectivity index (χ4n) is 3.33. The van der Waals surface area contributed by atoms with E-state index in [1.54, 1.807) is 7.11 Å². The Labute approximate surface area is 121 Å². The van der Waals surface area contributed by atoms with Crippen molar-refractivity contribution in [2.75, 3.05) is 38.2 Å². The molecule has 1 aromatic rings. The maximum Gasteiger partial charge on any atom is 0.120 e. The summed E-state index contributed by atoms with van der Waals surface area (Å²) in [5.41, 5.74) is 1.87. The molecule has 106 valence electrons. The first-order valence-electron chi connectivity index (χ1n) is 6.91. The Balaban J connectivity index is 0.00000133. The largest absolute Gasteiger partial charge is 0.497 e. The van der Waals surface area contributed by atoms with Gasteiger partial charge in [0.1, 0.15) is 5.75 Å². The van der Waals surface area contributed by atoms with Crippen molar-refractivity contribution in [3.8, 4) is 5.75 Å². The summed E-state index contributed by atoms with van der Waals surface area (Å²) >= 11 is 0. The molecule has 0 atom stereocenters. The van der Waals surface area contributed by atoms with E-state index < -0.39 is 0 Å². The number of anilines is 1. The number of rotatable bonds is 2. The van der Waals surface area contributed by atoms with E-state index in [2.05, 4.69) is 28.4 Å². The molecule has 19 heavy (non-hydrogen) atoms. The van der Waals surface area contributed by atoms with E-state index in [-0.39, 0.29) is 12.4 Å². The molecule has 2 aliphatic heterocycles. The predicted octanol–water partition coefficient (Wildman–Crippen LogP) is 2.70. The van der Waals surface area contributed by atoms with Gasteiger partial charge in [0.25, 0.3) is 0 Å². The van der Waals surface area contributed by atoms with Gasteiger partial charge in [0.05, 0.1) is 7.11 Å². The van der Waals surface area contributed by atoms with Crippen LogP contribution in [0, 0.1) is 5.41 Å². The smallest absolute Gasteiger partial charge is 0.120 e. The molecule has 4 heteroatoms. The number of halogens is 1. The molecule has 0 bridgehead atoms. The van der Waals surface area contributed by atoms with Crippen LogP contribution in [0.3, 0.4) is 0 Å². The summed E-state index contributed by atoms with van der Waals surface area (Å²) in [4.78, 5) is 2.52. The lowest BCUT2D eigenvalue weighted by Gasteiger charge is -2.34. The standard InChI is InChI=1S/C15H22N2O.ClH/c1-18-14-4-2-3-13(11-14)17-10-7-15(12-17)5-8-16-9-6-15;/h2-4,11,16H,5-10,12H2,1H3;1H. The monoisotopic (exact) mass is 282 g/mol. The molecule has 3 rings (SSSR count). The van der Waals surface area contributed by atoms with Gasteiger partial charge in [-0.3, -0.25) is 0 Å². The quantitative estimate of drug-likeness (QED) is 0.903. The Bertz CT molecular complexity index is 418. The molecule has 0 radical (unpaired) electrons. The van der Waals surface area contributed by atoms with Crippen molar-refractivity contribution in [1.29, 1.82) is 0 Å². The van der Waals surface area contributed by atoms with Crippen LogP contribution in [0.4, 0.5) is 5.69 Å². The van der Waals surface area contributed by atoms with Crippen molar-refractivity contribution in [2.45, 2.75) is 19.3 Å². The van der Waals surface area contributed by atoms with E-state index in [1.165, 1.54) is 51.1 Å². The first-order chi connectivity index (χ1) is 8.81. The highest BCUT2D eigenvalue weighted by atomic mass is 35.5. The van der Waals surface area contributed by atoms with Gasteiger partial charge in [0.2, 0.25) is 0 Å². The van der Waals surface area contributed by atoms with Crippen LogP contribution in [0.2, 0.25) is 0 Å². The van der Waals surface area contributed by atoms with Crippen molar-refractivity contribution in [1.82, 2.24) is 5.32 Å². The van der Waals surface area contributed by atoms with Crippen molar-refractivity contribution >= 4 is 18.1 Å². The molecule has 2 heterocycles. The third-order valence-corrected chi connectivity index (χ3v) is 4.52. The van der Waals surface area contributed by atoms with Crippen LogP contribution in [-0.2, 0) is 0 Å². The van der Waals surface area contributed by atoms with Gasteiger partial charge < -0.3 is 15.0 Å². The molecule has 2 saturated heterocycles. The number of nitrogens with one attached hydrogen (secondary N) is 1. The minimum Gasteiger partial charge on any atom is -0.497 e. The Morgan fingerprint density at radius 1 is 1.21 bits per heavy atom. The van der Waals surface area contributed by atoms with Gasteiger partial charge in [0, 0.05) is 24.8 Å². The number of ether oxygens (including phenoxy) is 1. The summed E-state index contributed by atoms with van der Waals surface area (Å²) in [6, 6.07) is 8.45. The van der Waals surface area contributed by atoms with E-state index in [4.69, 9.17) is 4.74 Å². The molecule has 0 saturated carbocycles. The predicted molar refractivity (Wildman–Crippen MR) is 81.6 cm³/mol. The summed E-state index contributed by atoms with van der Waals surface area (Å²) in [5, 5.41) is 3.47. The van der Waals surface area contributed by atoms with Crippen LogP contribution < -0.4 is 15.0 Å². The van der Waals surface area contributed by atoms with Crippen molar-refractivity contribution in [3.63, 3.8) is 0 Å². The molecule has 0 amide bonds. The second-order valence-corrected chi connectivity index (χ2v) is 5.62. The number of methoxy groups -OCH3 is 1. The third-order valence-electron chi connectivity index (χ3n) is 4.52. The van der Waals surface area contributed by atoms with Gasteiger partial charge >= 0.3 is 0 Å². The van der Waals surface area contributed by atoms with E-state index in [9.17, 15) is 0 Å². The molecule has 1 spiro atoms. The Morgan fingerprint density at radius 3 is 2.74 bits per heavy atom. The van der Waals surface area contributed by atoms with Crippen LogP contribution in [0.1, 0.15) is 19.3 Å². The van der Waals surface area contributed by atoms with Crippen LogP contribution >= 0.6 is 12.4 Å². The molecule has 3 nitrogen and oxygen atoms in total. The Morgan fingerprint density at radius 2 is 2.00 bits per heavy atom. The molecule has 2 fully saturated rings. The minimum absolute atomic E-state index is 0. The zero-order chi connectivity index (χ0) is 12.4. The van der Waals surface area contributed by atoms with E-state index in [0.29, 0.717) is 5.41 Å². The lowest BCUT2D eigenvalue weighted by Crippen LogP contribution is -2.38. The summed E-state index contributed by atoms with van der Waals surface area (Å²) in [5.74, 6) is 0.957. The third kappa shape index (κ3) is 2.98. The molecule has 1 aromatic carbocycles.